The van der Waals surface area contributed by atoms with E-state index in [2.05, 4.69) is 15.3 Å². The third-order valence-electron chi connectivity index (χ3n) is 3.26. The molecule has 0 saturated heterocycles. The van der Waals surface area contributed by atoms with Crippen molar-refractivity contribution in [2.24, 2.45) is 0 Å². The molecule has 2 heterocycles. The number of hydrogen-bond donors (Lipinski definition) is 1. The highest BCUT2D eigenvalue weighted by molar-refractivity contribution is 7.07. The summed E-state index contributed by atoms with van der Waals surface area (Å²) in [6, 6.07) is 5.45. The van der Waals surface area contributed by atoms with E-state index in [9.17, 15) is 9.90 Å². The van der Waals surface area contributed by atoms with E-state index < -0.39 is 5.97 Å². The maximum absolute atomic E-state index is 11.4. The highest BCUT2D eigenvalue weighted by Gasteiger charge is 2.32. The maximum Gasteiger partial charge on any atom is 0.339 e. The van der Waals surface area contributed by atoms with E-state index >= 15 is 0 Å². The quantitative estimate of drug-likeness (QED) is 0.856. The normalized spacial score (nSPS) is 14.2. The molecule has 0 spiro atoms. The molecule has 0 atom stereocenters. The number of nitrogens with zero attached hydrogens (tertiary/aromatic N) is 2. The Kier molecular flexibility index (Phi) is 3.63. The molecule has 0 radical (unpaired) electrons. The first-order valence-electron chi connectivity index (χ1n) is 6.32. The predicted molar refractivity (Wildman–Crippen MR) is 79.7 cm³/mol. The summed E-state index contributed by atoms with van der Waals surface area (Å²) in [7, 11) is 0. The van der Waals surface area contributed by atoms with Crippen molar-refractivity contribution < 1.29 is 9.90 Å². The molecule has 1 aliphatic carbocycles. The van der Waals surface area contributed by atoms with Gasteiger partial charge in [-0.15, -0.1) is 0 Å². The Labute approximate surface area is 125 Å². The standard InChI is InChI=1S/C14H13ClN2O2S/c15-12-4-3-11(14(18)19)13(16-12)17(10-1-2-10)7-9-5-6-20-8-9/h3-6,8,10H,1-2,7H2,(H,18,19). The number of carboxylic acids is 1. The molecule has 6 heteroatoms. The lowest BCUT2D eigenvalue weighted by molar-refractivity contribution is 0.0697. The number of hydrogen-bond acceptors (Lipinski definition) is 4. The van der Waals surface area contributed by atoms with E-state index in [0.717, 1.165) is 12.8 Å². The van der Waals surface area contributed by atoms with Crippen LogP contribution in [-0.4, -0.2) is 22.1 Å². The number of carbonyl (C=O) groups is 1. The van der Waals surface area contributed by atoms with Gasteiger partial charge in [-0.05, 0) is 47.4 Å². The van der Waals surface area contributed by atoms with Crippen LogP contribution in [0.3, 0.4) is 0 Å². The Morgan fingerprint density at radius 1 is 1.45 bits per heavy atom. The Balaban J connectivity index is 1.98. The first-order chi connectivity index (χ1) is 9.65. The molecule has 1 saturated carbocycles. The Morgan fingerprint density at radius 2 is 2.25 bits per heavy atom. The summed E-state index contributed by atoms with van der Waals surface area (Å²) >= 11 is 7.58. The minimum absolute atomic E-state index is 0.205. The molecule has 1 N–H and O–H groups in total. The average molecular weight is 309 g/mol. The molecule has 0 aliphatic heterocycles. The van der Waals surface area contributed by atoms with Crippen molar-refractivity contribution in [3.63, 3.8) is 0 Å². The second kappa shape index (κ2) is 5.42. The first kappa shape index (κ1) is 13.4. The van der Waals surface area contributed by atoms with Crippen LogP contribution < -0.4 is 4.90 Å². The molecule has 104 valence electrons. The zero-order chi connectivity index (χ0) is 14.1. The average Bonchev–Trinajstić information content (AvgIpc) is 3.12. The fourth-order valence-electron chi connectivity index (χ4n) is 2.15. The molecule has 0 aromatic carbocycles. The molecule has 2 aromatic heterocycles. The molecule has 3 rings (SSSR count). The van der Waals surface area contributed by atoms with Crippen molar-refractivity contribution in [2.75, 3.05) is 4.90 Å². The molecule has 20 heavy (non-hydrogen) atoms. The molecule has 1 aliphatic rings. The van der Waals surface area contributed by atoms with Crippen molar-refractivity contribution in [1.29, 1.82) is 0 Å². The predicted octanol–water partition coefficient (Wildman–Crippen LogP) is 3.66. The first-order valence-corrected chi connectivity index (χ1v) is 7.65. The van der Waals surface area contributed by atoms with Crippen molar-refractivity contribution in [2.45, 2.75) is 25.4 Å². The van der Waals surface area contributed by atoms with Crippen molar-refractivity contribution in [3.05, 3.63) is 45.2 Å². The maximum atomic E-state index is 11.4. The minimum Gasteiger partial charge on any atom is -0.478 e. The van der Waals surface area contributed by atoms with Crippen LogP contribution in [0.5, 0.6) is 0 Å². The van der Waals surface area contributed by atoms with Gasteiger partial charge >= 0.3 is 5.97 Å². The van der Waals surface area contributed by atoms with Gasteiger partial charge < -0.3 is 10.0 Å². The Bertz CT molecular complexity index is 626. The van der Waals surface area contributed by atoms with Gasteiger partial charge in [-0.3, -0.25) is 0 Å². The SMILES string of the molecule is O=C(O)c1ccc(Cl)nc1N(Cc1ccsc1)C1CC1. The van der Waals surface area contributed by atoms with Gasteiger partial charge in [-0.2, -0.15) is 11.3 Å². The molecule has 0 unspecified atom stereocenters. The van der Waals surface area contributed by atoms with E-state index in [1.807, 2.05) is 11.4 Å². The van der Waals surface area contributed by atoms with Crippen LogP contribution in [0.2, 0.25) is 5.15 Å². The number of thiophene rings is 1. The largest absolute Gasteiger partial charge is 0.478 e. The highest BCUT2D eigenvalue weighted by atomic mass is 35.5. The van der Waals surface area contributed by atoms with E-state index in [1.54, 1.807) is 11.3 Å². The summed E-state index contributed by atoms with van der Waals surface area (Å²) in [5, 5.41) is 13.7. The van der Waals surface area contributed by atoms with E-state index in [4.69, 9.17) is 11.6 Å². The number of rotatable bonds is 5. The summed E-state index contributed by atoms with van der Waals surface area (Å²) in [6.07, 6.45) is 2.13. The van der Waals surface area contributed by atoms with Crippen LogP contribution in [0.15, 0.2) is 29.0 Å². The summed E-state index contributed by atoms with van der Waals surface area (Å²) in [6.45, 7) is 0.668. The molecule has 1 fully saturated rings. The number of aromatic carboxylic acids is 1. The highest BCUT2D eigenvalue weighted by Crippen LogP contribution is 2.34. The third-order valence-corrected chi connectivity index (χ3v) is 4.21. The van der Waals surface area contributed by atoms with Gasteiger partial charge in [0.2, 0.25) is 0 Å². The monoisotopic (exact) mass is 308 g/mol. The number of anilines is 1. The summed E-state index contributed by atoms with van der Waals surface area (Å²) in [4.78, 5) is 17.7. The zero-order valence-corrected chi connectivity index (χ0v) is 12.2. The summed E-state index contributed by atoms with van der Waals surface area (Å²) in [5.41, 5.74) is 1.37. The third kappa shape index (κ3) is 2.78. The Morgan fingerprint density at radius 3 is 2.85 bits per heavy atom. The van der Waals surface area contributed by atoms with Crippen LogP contribution in [0.4, 0.5) is 5.82 Å². The van der Waals surface area contributed by atoms with Crippen LogP contribution in [-0.2, 0) is 6.54 Å². The summed E-state index contributed by atoms with van der Waals surface area (Å²) < 4.78 is 0. The van der Waals surface area contributed by atoms with Crippen LogP contribution in [0, 0.1) is 0 Å². The van der Waals surface area contributed by atoms with Crippen molar-refractivity contribution in [3.8, 4) is 0 Å². The zero-order valence-electron chi connectivity index (χ0n) is 10.6. The van der Waals surface area contributed by atoms with Gasteiger partial charge in [0.15, 0.2) is 0 Å². The molecule has 0 bridgehead atoms. The van der Waals surface area contributed by atoms with E-state index in [1.165, 1.54) is 17.7 Å². The van der Waals surface area contributed by atoms with Crippen LogP contribution >= 0.6 is 22.9 Å². The lowest BCUT2D eigenvalue weighted by Crippen LogP contribution is -2.27. The smallest absolute Gasteiger partial charge is 0.339 e. The molecular weight excluding hydrogens is 296 g/mol. The lowest BCUT2D eigenvalue weighted by atomic mass is 10.2. The number of aromatic nitrogens is 1. The number of pyridine rings is 1. The van der Waals surface area contributed by atoms with E-state index in [-0.39, 0.29) is 5.56 Å². The second-order valence-electron chi connectivity index (χ2n) is 4.80. The topological polar surface area (TPSA) is 53.4 Å². The minimum atomic E-state index is -0.972. The molecule has 0 amide bonds. The van der Waals surface area contributed by atoms with Gasteiger partial charge in [0.25, 0.3) is 0 Å². The fraction of sp³-hybridized carbons (Fsp3) is 0.286. The fourth-order valence-corrected chi connectivity index (χ4v) is 2.96. The van der Waals surface area contributed by atoms with Crippen LogP contribution in [0.25, 0.3) is 0 Å². The number of carboxylic acid groups (broad SMARTS) is 1. The lowest BCUT2D eigenvalue weighted by Gasteiger charge is -2.24. The van der Waals surface area contributed by atoms with Gasteiger partial charge in [-0.25, -0.2) is 9.78 Å². The molecular formula is C14H13ClN2O2S. The van der Waals surface area contributed by atoms with Crippen molar-refractivity contribution >= 4 is 34.7 Å². The molecule has 4 nitrogen and oxygen atoms in total. The molecule has 2 aromatic rings. The Hall–Kier alpha value is -1.59. The van der Waals surface area contributed by atoms with Crippen molar-refractivity contribution in [1.82, 2.24) is 4.98 Å². The van der Waals surface area contributed by atoms with Crippen LogP contribution in [0.1, 0.15) is 28.8 Å². The van der Waals surface area contributed by atoms with Gasteiger partial charge in [0.05, 0.1) is 0 Å². The van der Waals surface area contributed by atoms with E-state index in [0.29, 0.717) is 23.6 Å². The van der Waals surface area contributed by atoms with Gasteiger partial charge in [0, 0.05) is 12.6 Å². The number of halogens is 1. The summed E-state index contributed by atoms with van der Waals surface area (Å²) in [5.74, 6) is -0.501. The van der Waals surface area contributed by atoms with Gasteiger partial charge in [-0.1, -0.05) is 11.6 Å². The second-order valence-corrected chi connectivity index (χ2v) is 5.97. The van der Waals surface area contributed by atoms with Gasteiger partial charge in [0.1, 0.15) is 16.5 Å².